The number of hydrogen-bond acceptors (Lipinski definition) is 2. The highest BCUT2D eigenvalue weighted by molar-refractivity contribution is 6.62. The molecule has 0 spiro atoms. The third-order valence-electron chi connectivity index (χ3n) is 2.34. The van der Waals surface area contributed by atoms with E-state index >= 15 is 0 Å². The van der Waals surface area contributed by atoms with Crippen LogP contribution in [-0.2, 0) is 7.05 Å². The Kier molecular flexibility index (Phi) is 2.24. The predicted molar refractivity (Wildman–Crippen MR) is 52.7 cm³/mol. The van der Waals surface area contributed by atoms with Gasteiger partial charge in [-0.3, -0.25) is 0 Å². The first-order chi connectivity index (χ1) is 7.00. The van der Waals surface area contributed by atoms with Crippen molar-refractivity contribution >= 4 is 23.5 Å². The molecular weight excluding hydrogens is 203 g/mol. The zero-order valence-electron chi connectivity index (χ0n) is 7.91. The fourth-order valence-electron chi connectivity index (χ4n) is 1.61. The van der Waals surface area contributed by atoms with Crippen LogP contribution in [0.3, 0.4) is 0 Å². The highest BCUT2D eigenvalue weighted by Gasteiger charge is 2.19. The molecule has 15 heavy (non-hydrogen) atoms. The summed E-state index contributed by atoms with van der Waals surface area (Å²) in [5.74, 6) is -1.96. The van der Waals surface area contributed by atoms with Crippen LogP contribution in [-0.4, -0.2) is 21.7 Å². The third-order valence-corrected chi connectivity index (χ3v) is 2.34. The Bertz CT molecular complexity index is 524. The standard InChI is InChI=1S/C9H8BF2NO2/c1-13-4-6(10(14)15)5-2-7(11)8(12)3-9(5)13/h2-4,14-15H,1H3. The second kappa shape index (κ2) is 3.32. The molecule has 1 heterocycles. The van der Waals surface area contributed by atoms with Crippen molar-refractivity contribution in [2.45, 2.75) is 0 Å². The van der Waals surface area contributed by atoms with E-state index in [-0.39, 0.29) is 5.46 Å². The summed E-state index contributed by atoms with van der Waals surface area (Å²) in [7, 11) is -0.0792. The smallest absolute Gasteiger partial charge is 0.423 e. The maximum Gasteiger partial charge on any atom is 0.490 e. The van der Waals surface area contributed by atoms with E-state index in [4.69, 9.17) is 10.0 Å². The molecule has 78 valence electrons. The molecule has 6 heteroatoms. The van der Waals surface area contributed by atoms with Crippen molar-refractivity contribution in [2.24, 2.45) is 7.05 Å². The number of benzene rings is 1. The topological polar surface area (TPSA) is 45.4 Å². The molecule has 0 saturated carbocycles. The molecule has 2 aromatic rings. The highest BCUT2D eigenvalue weighted by Crippen LogP contribution is 2.17. The van der Waals surface area contributed by atoms with Crippen LogP contribution in [0.25, 0.3) is 10.9 Å². The molecule has 0 bridgehead atoms. The molecule has 2 rings (SSSR count). The fourth-order valence-corrected chi connectivity index (χ4v) is 1.61. The second-order valence-corrected chi connectivity index (χ2v) is 3.35. The first kappa shape index (κ1) is 10.1. The van der Waals surface area contributed by atoms with E-state index in [0.717, 1.165) is 12.1 Å². The summed E-state index contributed by atoms with van der Waals surface area (Å²) >= 11 is 0. The number of hydrogen-bond donors (Lipinski definition) is 2. The zero-order chi connectivity index (χ0) is 11.2. The summed E-state index contributed by atoms with van der Waals surface area (Å²) in [6.07, 6.45) is 1.42. The Hall–Kier alpha value is -1.40. The quantitative estimate of drug-likeness (QED) is 0.658. The minimum Gasteiger partial charge on any atom is -0.423 e. The van der Waals surface area contributed by atoms with Gasteiger partial charge in [-0.05, 0) is 6.07 Å². The summed E-state index contributed by atoms with van der Waals surface area (Å²) in [5, 5.41) is 18.3. The van der Waals surface area contributed by atoms with Crippen LogP contribution in [0.5, 0.6) is 0 Å². The molecular formula is C9H8BF2NO2. The molecule has 1 aromatic carbocycles. The van der Waals surface area contributed by atoms with E-state index in [9.17, 15) is 8.78 Å². The predicted octanol–water partition coefficient (Wildman–Crippen LogP) is 0.136. The van der Waals surface area contributed by atoms with Crippen molar-refractivity contribution in [1.29, 1.82) is 0 Å². The molecule has 0 saturated heterocycles. The molecule has 0 atom stereocenters. The molecule has 0 aliphatic heterocycles. The second-order valence-electron chi connectivity index (χ2n) is 3.35. The zero-order valence-corrected chi connectivity index (χ0v) is 7.91. The molecule has 0 fully saturated rings. The van der Waals surface area contributed by atoms with Gasteiger partial charge in [0.2, 0.25) is 0 Å². The number of aryl methyl sites for hydroxylation is 1. The van der Waals surface area contributed by atoms with Gasteiger partial charge >= 0.3 is 7.12 Å². The molecule has 0 radical (unpaired) electrons. The average molecular weight is 211 g/mol. The van der Waals surface area contributed by atoms with Crippen molar-refractivity contribution in [2.75, 3.05) is 0 Å². The number of rotatable bonds is 1. The van der Waals surface area contributed by atoms with Gasteiger partial charge in [-0.2, -0.15) is 0 Å². The molecule has 0 amide bonds. The number of fused-ring (bicyclic) bond motifs is 1. The molecule has 3 nitrogen and oxygen atoms in total. The van der Waals surface area contributed by atoms with Crippen LogP contribution >= 0.6 is 0 Å². The normalized spacial score (nSPS) is 11.0. The van der Waals surface area contributed by atoms with Gasteiger partial charge in [0.05, 0.1) is 5.52 Å². The summed E-state index contributed by atoms with van der Waals surface area (Å²) < 4.78 is 27.4. The lowest BCUT2D eigenvalue weighted by Crippen LogP contribution is -2.29. The van der Waals surface area contributed by atoms with E-state index in [2.05, 4.69) is 0 Å². The van der Waals surface area contributed by atoms with Crippen molar-refractivity contribution in [3.05, 3.63) is 30.0 Å². The number of nitrogens with zero attached hydrogens (tertiary/aromatic N) is 1. The molecule has 0 unspecified atom stereocenters. The lowest BCUT2D eigenvalue weighted by Gasteiger charge is -1.98. The van der Waals surface area contributed by atoms with E-state index in [1.165, 1.54) is 10.8 Å². The van der Waals surface area contributed by atoms with E-state index < -0.39 is 18.8 Å². The van der Waals surface area contributed by atoms with Gasteiger partial charge in [0, 0.05) is 30.2 Å². The van der Waals surface area contributed by atoms with Crippen molar-refractivity contribution in [3.8, 4) is 0 Å². The largest absolute Gasteiger partial charge is 0.490 e. The summed E-state index contributed by atoms with van der Waals surface area (Å²) in [4.78, 5) is 0. The first-order valence-corrected chi connectivity index (χ1v) is 4.31. The summed E-state index contributed by atoms with van der Waals surface area (Å²) in [6, 6.07) is 1.98. The summed E-state index contributed by atoms with van der Waals surface area (Å²) in [6.45, 7) is 0. The molecule has 1 aromatic heterocycles. The fraction of sp³-hybridized carbons (Fsp3) is 0.111. The van der Waals surface area contributed by atoms with Gasteiger partial charge in [-0.25, -0.2) is 8.78 Å². The van der Waals surface area contributed by atoms with Gasteiger partial charge in [0.25, 0.3) is 0 Å². The third kappa shape index (κ3) is 1.51. The maximum absolute atomic E-state index is 13.0. The van der Waals surface area contributed by atoms with Crippen molar-refractivity contribution < 1.29 is 18.8 Å². The van der Waals surface area contributed by atoms with Gasteiger partial charge in [0.1, 0.15) is 0 Å². The first-order valence-electron chi connectivity index (χ1n) is 4.31. The Morgan fingerprint density at radius 2 is 1.80 bits per heavy atom. The lowest BCUT2D eigenvalue weighted by atomic mass is 9.80. The van der Waals surface area contributed by atoms with Crippen molar-refractivity contribution in [3.63, 3.8) is 0 Å². The highest BCUT2D eigenvalue weighted by atomic mass is 19.2. The summed E-state index contributed by atoms with van der Waals surface area (Å²) in [5.41, 5.74) is 0.573. The minimum atomic E-state index is -1.70. The van der Waals surface area contributed by atoms with Gasteiger partial charge in [-0.1, -0.05) is 0 Å². The van der Waals surface area contributed by atoms with Crippen LogP contribution in [0, 0.1) is 11.6 Å². The van der Waals surface area contributed by atoms with Crippen LogP contribution < -0.4 is 5.46 Å². The van der Waals surface area contributed by atoms with Crippen LogP contribution in [0.4, 0.5) is 8.78 Å². The molecule has 2 N–H and O–H groups in total. The van der Waals surface area contributed by atoms with Gasteiger partial charge < -0.3 is 14.6 Å². The Morgan fingerprint density at radius 3 is 2.40 bits per heavy atom. The lowest BCUT2D eigenvalue weighted by molar-refractivity contribution is 0.426. The van der Waals surface area contributed by atoms with E-state index in [1.807, 2.05) is 0 Å². The Balaban J connectivity index is 2.82. The SMILES string of the molecule is Cn1cc(B(O)O)c2cc(F)c(F)cc21. The monoisotopic (exact) mass is 211 g/mol. The van der Waals surface area contributed by atoms with Crippen LogP contribution in [0.2, 0.25) is 0 Å². The minimum absolute atomic E-state index is 0.159. The van der Waals surface area contributed by atoms with Gasteiger partial charge in [0.15, 0.2) is 11.6 Å². The molecule has 0 aliphatic carbocycles. The average Bonchev–Trinajstić information content (AvgIpc) is 2.45. The Morgan fingerprint density at radius 1 is 1.20 bits per heavy atom. The number of aromatic nitrogens is 1. The molecule has 0 aliphatic rings. The maximum atomic E-state index is 13.0. The van der Waals surface area contributed by atoms with Crippen LogP contribution in [0.15, 0.2) is 18.3 Å². The number of halogens is 2. The van der Waals surface area contributed by atoms with E-state index in [0.29, 0.717) is 10.9 Å². The Labute approximate surface area is 84.7 Å². The van der Waals surface area contributed by atoms with Crippen molar-refractivity contribution in [1.82, 2.24) is 4.57 Å². The van der Waals surface area contributed by atoms with Crippen LogP contribution in [0.1, 0.15) is 0 Å². The van der Waals surface area contributed by atoms with E-state index in [1.54, 1.807) is 7.05 Å². The van der Waals surface area contributed by atoms with Gasteiger partial charge in [-0.15, -0.1) is 0 Å².